The highest BCUT2D eigenvalue weighted by atomic mass is 35.5. The average molecular weight is 310 g/mol. The zero-order valence-corrected chi connectivity index (χ0v) is 13.8. The van der Waals surface area contributed by atoms with E-state index < -0.39 is 0 Å². The van der Waals surface area contributed by atoms with Gasteiger partial charge in [0.25, 0.3) is 0 Å². The highest BCUT2D eigenvalue weighted by molar-refractivity contribution is 6.31. The normalized spacial score (nSPS) is 12.7. The van der Waals surface area contributed by atoms with E-state index in [-0.39, 0.29) is 11.9 Å². The first kappa shape index (κ1) is 16.0. The summed E-state index contributed by atoms with van der Waals surface area (Å²) < 4.78 is 15.8. The molecule has 0 spiro atoms. The fourth-order valence-electron chi connectivity index (χ4n) is 2.49. The summed E-state index contributed by atoms with van der Waals surface area (Å²) in [6.45, 7) is 10.4. The number of rotatable bonds is 4. The number of nitrogens with zero attached hydrogens (tertiary/aromatic N) is 2. The molecule has 1 unspecified atom stereocenters. The van der Waals surface area contributed by atoms with Gasteiger partial charge in [-0.25, -0.2) is 9.07 Å². The quantitative estimate of drug-likeness (QED) is 0.914. The van der Waals surface area contributed by atoms with Crippen LogP contribution in [0.3, 0.4) is 0 Å². The molecule has 0 radical (unpaired) electrons. The second-order valence-electron chi connectivity index (χ2n) is 5.34. The first-order chi connectivity index (χ1) is 9.86. The fourth-order valence-corrected chi connectivity index (χ4v) is 2.60. The average Bonchev–Trinajstić information content (AvgIpc) is 2.69. The molecule has 0 aliphatic carbocycles. The Balaban J connectivity index is 2.66. The summed E-state index contributed by atoms with van der Waals surface area (Å²) >= 11 is 6.24. The maximum absolute atomic E-state index is 14.0. The van der Waals surface area contributed by atoms with Crippen molar-refractivity contribution in [3.05, 3.63) is 45.5 Å². The van der Waals surface area contributed by atoms with Crippen molar-refractivity contribution >= 4 is 11.6 Å². The molecule has 0 saturated carbocycles. The Bertz CT molecular complexity index is 664. The standard InChI is InChI=1S/C16H21ClFN3/c1-6-19-10(3)13-8-14(18)9(2)7-15(13)21-12(5)16(17)11(4)20-21/h7-8,10,19H,6H2,1-5H3. The molecule has 1 aromatic heterocycles. The van der Waals surface area contributed by atoms with Crippen LogP contribution in [0.5, 0.6) is 0 Å². The van der Waals surface area contributed by atoms with Crippen LogP contribution in [-0.4, -0.2) is 16.3 Å². The summed E-state index contributed by atoms with van der Waals surface area (Å²) in [4.78, 5) is 0. The molecule has 0 amide bonds. The van der Waals surface area contributed by atoms with Crippen molar-refractivity contribution in [1.29, 1.82) is 0 Å². The van der Waals surface area contributed by atoms with E-state index in [1.165, 1.54) is 0 Å². The zero-order valence-electron chi connectivity index (χ0n) is 13.1. The van der Waals surface area contributed by atoms with Crippen molar-refractivity contribution in [3.63, 3.8) is 0 Å². The maximum Gasteiger partial charge on any atom is 0.126 e. The molecular weight excluding hydrogens is 289 g/mol. The highest BCUT2D eigenvalue weighted by Crippen LogP contribution is 2.29. The molecule has 0 aliphatic heterocycles. The van der Waals surface area contributed by atoms with Gasteiger partial charge in [0.1, 0.15) is 5.82 Å². The summed E-state index contributed by atoms with van der Waals surface area (Å²) in [5.74, 6) is -0.203. The summed E-state index contributed by atoms with van der Waals surface area (Å²) in [6.07, 6.45) is 0. The van der Waals surface area contributed by atoms with E-state index in [0.717, 1.165) is 29.2 Å². The zero-order chi connectivity index (χ0) is 15.7. The van der Waals surface area contributed by atoms with Crippen LogP contribution in [0, 0.1) is 26.6 Å². The summed E-state index contributed by atoms with van der Waals surface area (Å²) in [5.41, 5.74) is 3.99. The lowest BCUT2D eigenvalue weighted by atomic mass is 10.0. The van der Waals surface area contributed by atoms with E-state index in [9.17, 15) is 4.39 Å². The number of nitrogens with one attached hydrogen (secondary N) is 1. The minimum absolute atomic E-state index is 0.0304. The molecule has 2 rings (SSSR count). The van der Waals surface area contributed by atoms with Crippen LogP contribution in [0.25, 0.3) is 5.69 Å². The number of hydrogen-bond acceptors (Lipinski definition) is 2. The molecule has 21 heavy (non-hydrogen) atoms. The topological polar surface area (TPSA) is 29.9 Å². The Hall–Kier alpha value is -1.39. The molecule has 1 heterocycles. The van der Waals surface area contributed by atoms with Crippen LogP contribution in [0.4, 0.5) is 4.39 Å². The van der Waals surface area contributed by atoms with Gasteiger partial charge in [0, 0.05) is 6.04 Å². The highest BCUT2D eigenvalue weighted by Gasteiger charge is 2.18. The molecule has 114 valence electrons. The minimum Gasteiger partial charge on any atom is -0.310 e. The monoisotopic (exact) mass is 309 g/mol. The van der Waals surface area contributed by atoms with Crippen LogP contribution in [-0.2, 0) is 0 Å². The van der Waals surface area contributed by atoms with Gasteiger partial charge >= 0.3 is 0 Å². The third-order valence-corrected chi connectivity index (χ3v) is 4.26. The minimum atomic E-state index is -0.203. The Morgan fingerprint density at radius 1 is 1.33 bits per heavy atom. The number of aryl methyl sites for hydroxylation is 2. The van der Waals surface area contributed by atoms with Crippen molar-refractivity contribution in [2.75, 3.05) is 6.54 Å². The van der Waals surface area contributed by atoms with Gasteiger partial charge in [0.15, 0.2) is 0 Å². The molecule has 1 N–H and O–H groups in total. The number of aromatic nitrogens is 2. The first-order valence-electron chi connectivity index (χ1n) is 7.12. The number of benzene rings is 1. The Labute approximate surface area is 130 Å². The Morgan fingerprint density at radius 2 is 2.00 bits per heavy atom. The van der Waals surface area contributed by atoms with Gasteiger partial charge in [-0.3, -0.25) is 0 Å². The van der Waals surface area contributed by atoms with Crippen LogP contribution < -0.4 is 5.32 Å². The van der Waals surface area contributed by atoms with E-state index in [4.69, 9.17) is 11.6 Å². The molecular formula is C16H21ClFN3. The van der Waals surface area contributed by atoms with Gasteiger partial charge in [0.05, 0.1) is 22.1 Å². The lowest BCUT2D eigenvalue weighted by molar-refractivity contribution is 0.574. The predicted molar refractivity (Wildman–Crippen MR) is 84.8 cm³/mol. The van der Waals surface area contributed by atoms with Crippen molar-refractivity contribution in [2.45, 2.75) is 40.7 Å². The van der Waals surface area contributed by atoms with E-state index >= 15 is 0 Å². The first-order valence-corrected chi connectivity index (χ1v) is 7.50. The molecule has 0 bridgehead atoms. The number of halogens is 2. The second kappa shape index (κ2) is 6.16. The maximum atomic E-state index is 14.0. The van der Waals surface area contributed by atoms with Crippen molar-refractivity contribution < 1.29 is 4.39 Å². The summed E-state index contributed by atoms with van der Waals surface area (Å²) in [7, 11) is 0. The molecule has 0 fully saturated rings. The van der Waals surface area contributed by atoms with Gasteiger partial charge in [-0.2, -0.15) is 5.10 Å². The van der Waals surface area contributed by atoms with Gasteiger partial charge in [-0.05, 0) is 57.5 Å². The van der Waals surface area contributed by atoms with Crippen molar-refractivity contribution in [1.82, 2.24) is 15.1 Å². The molecule has 5 heteroatoms. The SMILES string of the molecule is CCNC(C)c1cc(F)c(C)cc1-n1nc(C)c(Cl)c1C. The summed E-state index contributed by atoms with van der Waals surface area (Å²) in [6, 6.07) is 3.44. The predicted octanol–water partition coefficient (Wildman–Crippen LogP) is 4.26. The molecule has 0 saturated heterocycles. The van der Waals surface area contributed by atoms with E-state index in [1.54, 1.807) is 17.7 Å². The van der Waals surface area contributed by atoms with Gasteiger partial charge < -0.3 is 5.32 Å². The van der Waals surface area contributed by atoms with Gasteiger partial charge in [-0.15, -0.1) is 0 Å². The van der Waals surface area contributed by atoms with E-state index in [0.29, 0.717) is 10.6 Å². The van der Waals surface area contributed by atoms with Crippen LogP contribution in [0.15, 0.2) is 12.1 Å². The molecule has 3 nitrogen and oxygen atoms in total. The van der Waals surface area contributed by atoms with E-state index in [2.05, 4.69) is 10.4 Å². The Morgan fingerprint density at radius 3 is 2.52 bits per heavy atom. The smallest absolute Gasteiger partial charge is 0.126 e. The Kier molecular flexibility index (Phi) is 4.69. The van der Waals surface area contributed by atoms with Crippen molar-refractivity contribution in [3.8, 4) is 5.69 Å². The number of hydrogen-bond donors (Lipinski definition) is 1. The third-order valence-electron chi connectivity index (χ3n) is 3.72. The largest absolute Gasteiger partial charge is 0.310 e. The lowest BCUT2D eigenvalue weighted by Crippen LogP contribution is -2.20. The third kappa shape index (κ3) is 2.97. The van der Waals surface area contributed by atoms with Gasteiger partial charge in [0.2, 0.25) is 0 Å². The second-order valence-corrected chi connectivity index (χ2v) is 5.71. The molecule has 1 atom stereocenters. The van der Waals surface area contributed by atoms with Crippen LogP contribution in [0.2, 0.25) is 5.02 Å². The molecule has 0 aliphatic rings. The van der Waals surface area contributed by atoms with Crippen molar-refractivity contribution in [2.24, 2.45) is 0 Å². The van der Waals surface area contributed by atoms with Gasteiger partial charge in [-0.1, -0.05) is 18.5 Å². The van der Waals surface area contributed by atoms with E-state index in [1.807, 2.05) is 33.8 Å². The van der Waals surface area contributed by atoms with Crippen LogP contribution >= 0.6 is 11.6 Å². The lowest BCUT2D eigenvalue weighted by Gasteiger charge is -2.19. The fraction of sp³-hybridized carbons (Fsp3) is 0.438. The molecule has 2 aromatic rings. The molecule has 1 aromatic carbocycles. The summed E-state index contributed by atoms with van der Waals surface area (Å²) in [5, 5.41) is 8.46. The van der Waals surface area contributed by atoms with Crippen LogP contribution in [0.1, 0.15) is 42.4 Å².